The molecule has 3 heterocycles. The van der Waals surface area contributed by atoms with Gasteiger partial charge in [-0.2, -0.15) is 4.98 Å². The number of aromatic nitrogens is 2. The molecule has 2 aliphatic rings. The van der Waals surface area contributed by atoms with Crippen LogP contribution in [-0.4, -0.2) is 47.1 Å². The zero-order chi connectivity index (χ0) is 23.5. The number of halogens is 3. The Bertz CT molecular complexity index is 946. The molecule has 1 aromatic carbocycles. The second kappa shape index (κ2) is 11.0. The van der Waals surface area contributed by atoms with E-state index in [0.29, 0.717) is 26.9 Å². The zero-order valence-corrected chi connectivity index (χ0v) is 22.0. The van der Waals surface area contributed by atoms with E-state index in [-0.39, 0.29) is 6.04 Å². The Kier molecular flexibility index (Phi) is 8.27. The molecule has 33 heavy (non-hydrogen) atoms. The third-order valence-electron chi connectivity index (χ3n) is 7.22. The number of anilines is 2. The van der Waals surface area contributed by atoms with Gasteiger partial charge in [-0.1, -0.05) is 40.9 Å². The fraction of sp³-hybridized carbons (Fsp3) is 0.600. The first-order valence-electron chi connectivity index (χ1n) is 12.0. The summed E-state index contributed by atoms with van der Waals surface area (Å²) in [6.45, 7) is 11.1. The van der Waals surface area contributed by atoms with Crippen LogP contribution in [0.1, 0.15) is 58.1 Å². The van der Waals surface area contributed by atoms with Crippen LogP contribution in [0.15, 0.2) is 24.4 Å². The van der Waals surface area contributed by atoms with Crippen molar-refractivity contribution >= 4 is 46.6 Å². The summed E-state index contributed by atoms with van der Waals surface area (Å²) < 4.78 is 0. The summed E-state index contributed by atoms with van der Waals surface area (Å²) >= 11 is 18.9. The number of benzene rings is 1. The summed E-state index contributed by atoms with van der Waals surface area (Å²) in [5.41, 5.74) is 0.945. The number of hydrogen-bond donors (Lipinski definition) is 1. The van der Waals surface area contributed by atoms with E-state index in [2.05, 4.69) is 33.9 Å². The van der Waals surface area contributed by atoms with Crippen LogP contribution in [0.5, 0.6) is 0 Å². The third kappa shape index (κ3) is 6.05. The SMILES string of the molecule is CC(C)N1CCCC(C2CCN(c3ncc(Cl)c(N[C@H](C)c4ccc(Cl)cc4Cl)n3)CC2)C1. The molecule has 0 bridgehead atoms. The first-order chi connectivity index (χ1) is 15.8. The van der Waals surface area contributed by atoms with Crippen LogP contribution in [0.25, 0.3) is 0 Å². The molecule has 2 aromatic rings. The Balaban J connectivity index is 1.39. The minimum Gasteiger partial charge on any atom is -0.362 e. The molecule has 0 radical (unpaired) electrons. The van der Waals surface area contributed by atoms with Crippen LogP contribution in [0, 0.1) is 11.8 Å². The highest BCUT2D eigenvalue weighted by atomic mass is 35.5. The quantitative estimate of drug-likeness (QED) is 0.455. The molecule has 4 rings (SSSR count). The van der Waals surface area contributed by atoms with E-state index < -0.39 is 0 Å². The van der Waals surface area contributed by atoms with Crippen molar-refractivity contribution in [3.63, 3.8) is 0 Å². The van der Waals surface area contributed by atoms with Crippen LogP contribution in [0.3, 0.4) is 0 Å². The number of hydrogen-bond acceptors (Lipinski definition) is 5. The van der Waals surface area contributed by atoms with E-state index in [1.165, 1.54) is 38.8 Å². The number of rotatable bonds is 6. The van der Waals surface area contributed by atoms with Gasteiger partial charge in [0.1, 0.15) is 5.02 Å². The highest BCUT2D eigenvalue weighted by Crippen LogP contribution is 2.34. The average molecular weight is 511 g/mol. The molecule has 0 aliphatic carbocycles. The van der Waals surface area contributed by atoms with Gasteiger partial charge in [0.15, 0.2) is 5.82 Å². The normalized spacial score (nSPS) is 21.4. The smallest absolute Gasteiger partial charge is 0.227 e. The van der Waals surface area contributed by atoms with Gasteiger partial charge in [-0.3, -0.25) is 0 Å². The summed E-state index contributed by atoms with van der Waals surface area (Å²) in [4.78, 5) is 14.3. The van der Waals surface area contributed by atoms with Gasteiger partial charge in [0.05, 0.1) is 12.2 Å². The van der Waals surface area contributed by atoms with Crippen molar-refractivity contribution in [3.05, 3.63) is 45.0 Å². The van der Waals surface area contributed by atoms with Crippen LogP contribution in [0.2, 0.25) is 15.1 Å². The van der Waals surface area contributed by atoms with E-state index in [1.807, 2.05) is 19.1 Å². The molecule has 2 fully saturated rings. The predicted octanol–water partition coefficient (Wildman–Crippen LogP) is 6.95. The Morgan fingerprint density at radius 1 is 0.970 bits per heavy atom. The second-order valence-electron chi connectivity index (χ2n) is 9.71. The second-order valence-corrected chi connectivity index (χ2v) is 11.0. The van der Waals surface area contributed by atoms with Crippen molar-refractivity contribution < 1.29 is 0 Å². The number of likely N-dealkylation sites (tertiary alicyclic amines) is 1. The van der Waals surface area contributed by atoms with E-state index in [0.717, 1.165) is 36.4 Å². The molecule has 0 saturated carbocycles. The van der Waals surface area contributed by atoms with Gasteiger partial charge in [-0.25, -0.2) is 4.98 Å². The molecular formula is C25H34Cl3N5. The molecule has 5 nitrogen and oxygen atoms in total. The van der Waals surface area contributed by atoms with Crippen molar-refractivity contribution in [1.29, 1.82) is 0 Å². The highest BCUT2D eigenvalue weighted by molar-refractivity contribution is 6.35. The minimum absolute atomic E-state index is 0.0732. The maximum atomic E-state index is 6.43. The predicted molar refractivity (Wildman–Crippen MR) is 140 cm³/mol. The lowest BCUT2D eigenvalue weighted by molar-refractivity contribution is 0.0977. The lowest BCUT2D eigenvalue weighted by Gasteiger charge is -2.42. The minimum atomic E-state index is -0.0732. The lowest BCUT2D eigenvalue weighted by atomic mass is 9.79. The van der Waals surface area contributed by atoms with E-state index in [4.69, 9.17) is 39.8 Å². The molecule has 0 amide bonds. The molecule has 0 spiro atoms. The summed E-state index contributed by atoms with van der Waals surface area (Å²) in [6, 6.07) is 6.09. The van der Waals surface area contributed by atoms with Gasteiger partial charge in [-0.15, -0.1) is 0 Å². The first-order valence-corrected chi connectivity index (χ1v) is 13.2. The van der Waals surface area contributed by atoms with Crippen molar-refractivity contribution in [2.45, 2.75) is 58.5 Å². The van der Waals surface area contributed by atoms with Crippen molar-refractivity contribution in [1.82, 2.24) is 14.9 Å². The van der Waals surface area contributed by atoms with Gasteiger partial charge < -0.3 is 15.1 Å². The standard InChI is InChI=1S/C25H34Cl3N5/c1-16(2)33-10-4-5-19(15-33)18-8-11-32(12-9-18)25-29-14-23(28)24(31-25)30-17(3)21-7-6-20(26)13-22(21)27/h6-7,13-14,16-19H,4-5,8-12,15H2,1-3H3,(H,29,30,31)/t17-,19?/m1/s1. The van der Waals surface area contributed by atoms with Crippen molar-refractivity contribution in [2.24, 2.45) is 11.8 Å². The largest absolute Gasteiger partial charge is 0.362 e. The number of nitrogens with zero attached hydrogens (tertiary/aromatic N) is 4. The monoisotopic (exact) mass is 509 g/mol. The molecule has 1 unspecified atom stereocenters. The highest BCUT2D eigenvalue weighted by Gasteiger charge is 2.31. The maximum Gasteiger partial charge on any atom is 0.227 e. The molecule has 1 N–H and O–H groups in total. The average Bonchev–Trinajstić information content (AvgIpc) is 2.80. The van der Waals surface area contributed by atoms with Crippen molar-refractivity contribution in [3.8, 4) is 0 Å². The Morgan fingerprint density at radius 2 is 1.73 bits per heavy atom. The lowest BCUT2D eigenvalue weighted by Crippen LogP contribution is -2.45. The Hall–Kier alpha value is -1.27. The fourth-order valence-electron chi connectivity index (χ4n) is 5.21. The molecule has 1 aromatic heterocycles. The molecule has 8 heteroatoms. The van der Waals surface area contributed by atoms with Gasteiger partial charge in [-0.05, 0) is 82.5 Å². The van der Waals surface area contributed by atoms with Gasteiger partial charge >= 0.3 is 0 Å². The molecule has 180 valence electrons. The Morgan fingerprint density at radius 3 is 2.42 bits per heavy atom. The van der Waals surface area contributed by atoms with Crippen LogP contribution < -0.4 is 10.2 Å². The number of nitrogens with one attached hydrogen (secondary N) is 1. The Labute approximate surface area is 212 Å². The van der Waals surface area contributed by atoms with Crippen LogP contribution in [-0.2, 0) is 0 Å². The summed E-state index contributed by atoms with van der Waals surface area (Å²) in [6.07, 6.45) is 6.78. The van der Waals surface area contributed by atoms with Crippen LogP contribution in [0.4, 0.5) is 11.8 Å². The van der Waals surface area contributed by atoms with E-state index in [9.17, 15) is 0 Å². The molecule has 2 aliphatic heterocycles. The fourth-order valence-corrected chi connectivity index (χ4v) is 5.93. The molecule has 2 atom stereocenters. The first kappa shape index (κ1) is 24.8. The summed E-state index contributed by atoms with van der Waals surface area (Å²) in [5.74, 6) is 2.97. The van der Waals surface area contributed by atoms with Gasteiger partial charge in [0.2, 0.25) is 5.95 Å². The third-order valence-corrected chi connectivity index (χ3v) is 8.06. The number of piperidine rings is 2. The summed E-state index contributed by atoms with van der Waals surface area (Å²) in [5, 5.41) is 5.14. The van der Waals surface area contributed by atoms with Gasteiger partial charge in [0, 0.05) is 35.7 Å². The summed E-state index contributed by atoms with van der Waals surface area (Å²) in [7, 11) is 0. The van der Waals surface area contributed by atoms with Gasteiger partial charge in [0.25, 0.3) is 0 Å². The van der Waals surface area contributed by atoms with E-state index in [1.54, 1.807) is 12.3 Å². The molecule has 2 saturated heterocycles. The van der Waals surface area contributed by atoms with Crippen LogP contribution >= 0.6 is 34.8 Å². The molecular weight excluding hydrogens is 477 g/mol. The topological polar surface area (TPSA) is 44.3 Å². The maximum absolute atomic E-state index is 6.43. The zero-order valence-electron chi connectivity index (χ0n) is 19.7. The van der Waals surface area contributed by atoms with Crippen molar-refractivity contribution in [2.75, 3.05) is 36.4 Å². The van der Waals surface area contributed by atoms with E-state index >= 15 is 0 Å².